The van der Waals surface area contributed by atoms with Crippen LogP contribution in [0.1, 0.15) is 59.8 Å². The SMILES string of the molecule is CCN(CC)CCNC(=O)CCC(=O)NC1CCCC(C)C1C. The number of carbonyl (C=O) groups excluding carboxylic acids is 2. The number of hydrogen-bond acceptors (Lipinski definition) is 3. The number of likely N-dealkylation sites (N-methyl/N-ethyl adjacent to an activating group) is 1. The highest BCUT2D eigenvalue weighted by molar-refractivity contribution is 5.83. The predicted molar refractivity (Wildman–Crippen MR) is 94.1 cm³/mol. The van der Waals surface area contributed by atoms with Crippen LogP contribution in [0.4, 0.5) is 0 Å². The summed E-state index contributed by atoms with van der Waals surface area (Å²) in [6, 6.07) is 0.275. The van der Waals surface area contributed by atoms with Crippen molar-refractivity contribution in [3.05, 3.63) is 0 Å². The molecule has 2 N–H and O–H groups in total. The molecular formula is C18H35N3O2. The van der Waals surface area contributed by atoms with Crippen LogP contribution in [0.2, 0.25) is 0 Å². The van der Waals surface area contributed by atoms with Gasteiger partial charge in [0.15, 0.2) is 0 Å². The van der Waals surface area contributed by atoms with E-state index >= 15 is 0 Å². The standard InChI is InChI=1S/C18H35N3O2/c1-5-21(6-2)13-12-19-17(22)10-11-18(23)20-16-9-7-8-14(3)15(16)4/h14-16H,5-13H2,1-4H3,(H,19,22)(H,20,23). The molecule has 0 aliphatic heterocycles. The largest absolute Gasteiger partial charge is 0.355 e. The van der Waals surface area contributed by atoms with Gasteiger partial charge in [-0.15, -0.1) is 0 Å². The van der Waals surface area contributed by atoms with Crippen molar-refractivity contribution in [2.24, 2.45) is 11.8 Å². The van der Waals surface area contributed by atoms with E-state index in [1.807, 2.05) is 0 Å². The minimum absolute atomic E-state index is 0.00911. The minimum atomic E-state index is -0.0302. The molecule has 1 aliphatic carbocycles. The van der Waals surface area contributed by atoms with Crippen LogP contribution in [-0.2, 0) is 9.59 Å². The molecule has 0 heterocycles. The highest BCUT2D eigenvalue weighted by Gasteiger charge is 2.27. The van der Waals surface area contributed by atoms with E-state index in [2.05, 4.69) is 43.2 Å². The quantitative estimate of drug-likeness (QED) is 0.683. The Labute approximate surface area is 141 Å². The normalized spacial score (nSPS) is 24.5. The summed E-state index contributed by atoms with van der Waals surface area (Å²) in [5.41, 5.74) is 0. The first kappa shape index (κ1) is 19.9. The zero-order chi connectivity index (χ0) is 17.2. The van der Waals surface area contributed by atoms with Gasteiger partial charge in [0.05, 0.1) is 0 Å². The van der Waals surface area contributed by atoms with Crippen LogP contribution in [0, 0.1) is 11.8 Å². The molecule has 2 amide bonds. The van der Waals surface area contributed by atoms with E-state index < -0.39 is 0 Å². The van der Waals surface area contributed by atoms with Crippen molar-refractivity contribution in [1.82, 2.24) is 15.5 Å². The molecule has 134 valence electrons. The molecule has 5 heteroatoms. The van der Waals surface area contributed by atoms with Gasteiger partial charge in [0.2, 0.25) is 11.8 Å². The summed E-state index contributed by atoms with van der Waals surface area (Å²) in [7, 11) is 0. The molecule has 3 atom stereocenters. The third-order valence-corrected chi connectivity index (χ3v) is 5.28. The van der Waals surface area contributed by atoms with Gasteiger partial charge in [0.25, 0.3) is 0 Å². The summed E-state index contributed by atoms with van der Waals surface area (Å²) in [5.74, 6) is 1.17. The number of carbonyl (C=O) groups is 2. The van der Waals surface area contributed by atoms with Gasteiger partial charge < -0.3 is 15.5 Å². The van der Waals surface area contributed by atoms with Gasteiger partial charge >= 0.3 is 0 Å². The molecule has 0 aromatic heterocycles. The van der Waals surface area contributed by atoms with E-state index in [1.165, 1.54) is 12.8 Å². The molecule has 0 saturated heterocycles. The van der Waals surface area contributed by atoms with E-state index in [1.54, 1.807) is 0 Å². The van der Waals surface area contributed by atoms with Crippen LogP contribution >= 0.6 is 0 Å². The lowest BCUT2D eigenvalue weighted by Crippen LogP contribution is -2.44. The molecule has 0 radical (unpaired) electrons. The van der Waals surface area contributed by atoms with E-state index in [4.69, 9.17) is 0 Å². The summed E-state index contributed by atoms with van der Waals surface area (Å²) in [6.45, 7) is 12.2. The molecular weight excluding hydrogens is 290 g/mol. The molecule has 3 unspecified atom stereocenters. The third-order valence-electron chi connectivity index (χ3n) is 5.28. The lowest BCUT2D eigenvalue weighted by Gasteiger charge is -2.34. The second-order valence-corrected chi connectivity index (χ2v) is 6.82. The summed E-state index contributed by atoms with van der Waals surface area (Å²) >= 11 is 0. The fraction of sp³-hybridized carbons (Fsp3) is 0.889. The second kappa shape index (κ2) is 10.6. The van der Waals surface area contributed by atoms with Crippen molar-refractivity contribution in [2.45, 2.75) is 65.8 Å². The maximum absolute atomic E-state index is 12.0. The Balaban J connectivity index is 2.18. The van der Waals surface area contributed by atoms with E-state index in [0.29, 0.717) is 18.4 Å². The number of amides is 2. The van der Waals surface area contributed by atoms with Crippen LogP contribution < -0.4 is 10.6 Å². The highest BCUT2D eigenvalue weighted by atomic mass is 16.2. The average Bonchev–Trinajstić information content (AvgIpc) is 2.54. The molecule has 1 aliphatic rings. The fourth-order valence-corrected chi connectivity index (χ4v) is 3.27. The summed E-state index contributed by atoms with van der Waals surface area (Å²) in [5, 5.41) is 6.02. The van der Waals surface area contributed by atoms with Crippen molar-refractivity contribution in [1.29, 1.82) is 0 Å². The second-order valence-electron chi connectivity index (χ2n) is 6.82. The molecule has 0 spiro atoms. The number of nitrogens with zero attached hydrogens (tertiary/aromatic N) is 1. The zero-order valence-electron chi connectivity index (χ0n) is 15.4. The minimum Gasteiger partial charge on any atom is -0.355 e. The van der Waals surface area contributed by atoms with Gasteiger partial charge in [-0.2, -0.15) is 0 Å². The van der Waals surface area contributed by atoms with Crippen molar-refractivity contribution in [3.8, 4) is 0 Å². The Morgan fingerprint density at radius 1 is 1.04 bits per heavy atom. The molecule has 0 bridgehead atoms. The van der Waals surface area contributed by atoms with Gasteiger partial charge in [0.1, 0.15) is 0 Å². The van der Waals surface area contributed by atoms with Crippen LogP contribution in [0.3, 0.4) is 0 Å². The highest BCUT2D eigenvalue weighted by Crippen LogP contribution is 2.29. The third kappa shape index (κ3) is 7.34. The summed E-state index contributed by atoms with van der Waals surface area (Å²) in [4.78, 5) is 26.1. The average molecular weight is 325 g/mol. The Morgan fingerprint density at radius 3 is 2.35 bits per heavy atom. The topological polar surface area (TPSA) is 61.4 Å². The lowest BCUT2D eigenvalue weighted by molar-refractivity contribution is -0.127. The fourth-order valence-electron chi connectivity index (χ4n) is 3.27. The van der Waals surface area contributed by atoms with Crippen molar-refractivity contribution in [3.63, 3.8) is 0 Å². The first-order valence-corrected chi connectivity index (χ1v) is 9.26. The van der Waals surface area contributed by atoms with Gasteiger partial charge in [0, 0.05) is 32.0 Å². The van der Waals surface area contributed by atoms with E-state index in [9.17, 15) is 9.59 Å². The van der Waals surface area contributed by atoms with Crippen molar-refractivity contribution >= 4 is 11.8 Å². The summed E-state index contributed by atoms with van der Waals surface area (Å²) < 4.78 is 0. The van der Waals surface area contributed by atoms with Crippen molar-refractivity contribution < 1.29 is 9.59 Å². The van der Waals surface area contributed by atoms with E-state index in [-0.39, 0.29) is 30.7 Å². The molecule has 0 aromatic rings. The lowest BCUT2D eigenvalue weighted by atomic mass is 9.78. The van der Waals surface area contributed by atoms with Gasteiger partial charge in [-0.05, 0) is 31.3 Å². The summed E-state index contributed by atoms with van der Waals surface area (Å²) in [6.07, 6.45) is 4.06. The molecule has 5 nitrogen and oxygen atoms in total. The molecule has 1 rings (SSSR count). The van der Waals surface area contributed by atoms with Crippen molar-refractivity contribution in [2.75, 3.05) is 26.2 Å². The Hall–Kier alpha value is -1.10. The molecule has 23 heavy (non-hydrogen) atoms. The van der Waals surface area contributed by atoms with Crippen LogP contribution in [0.5, 0.6) is 0 Å². The van der Waals surface area contributed by atoms with Gasteiger partial charge in [-0.3, -0.25) is 9.59 Å². The Kier molecular flexibility index (Phi) is 9.22. The smallest absolute Gasteiger partial charge is 0.220 e. The number of rotatable bonds is 9. The van der Waals surface area contributed by atoms with Crippen LogP contribution in [0.25, 0.3) is 0 Å². The molecule has 1 saturated carbocycles. The zero-order valence-corrected chi connectivity index (χ0v) is 15.4. The Bertz CT molecular complexity index is 369. The predicted octanol–water partition coefficient (Wildman–Crippen LogP) is 2.17. The number of hydrogen-bond donors (Lipinski definition) is 2. The first-order valence-electron chi connectivity index (χ1n) is 9.26. The van der Waals surface area contributed by atoms with E-state index in [0.717, 1.165) is 26.1 Å². The maximum atomic E-state index is 12.0. The molecule has 0 aromatic carbocycles. The maximum Gasteiger partial charge on any atom is 0.220 e. The first-order chi connectivity index (χ1) is 11.0. The van der Waals surface area contributed by atoms with Crippen LogP contribution in [-0.4, -0.2) is 48.9 Å². The number of nitrogens with one attached hydrogen (secondary N) is 2. The van der Waals surface area contributed by atoms with Crippen LogP contribution in [0.15, 0.2) is 0 Å². The van der Waals surface area contributed by atoms with Gasteiger partial charge in [-0.25, -0.2) is 0 Å². The Morgan fingerprint density at radius 2 is 1.70 bits per heavy atom. The monoisotopic (exact) mass is 325 g/mol. The van der Waals surface area contributed by atoms with Gasteiger partial charge in [-0.1, -0.05) is 40.5 Å². The molecule has 1 fully saturated rings.